The number of aromatic nitrogens is 1. The highest BCUT2D eigenvalue weighted by Gasteiger charge is 1.95. The lowest BCUT2D eigenvalue weighted by Crippen LogP contribution is -2.05. The number of carbonyl (C=O) groups is 1. The number of carbonyl (C=O) groups excluding carboxylic acids is 1. The van der Waals surface area contributed by atoms with Crippen molar-refractivity contribution in [3.63, 3.8) is 0 Å². The first-order valence-corrected chi connectivity index (χ1v) is 3.80. The summed E-state index contributed by atoms with van der Waals surface area (Å²) in [5, 5.41) is 0. The molecule has 68 valence electrons. The lowest BCUT2D eigenvalue weighted by molar-refractivity contribution is -0.113. The first-order valence-electron chi connectivity index (χ1n) is 3.80. The summed E-state index contributed by atoms with van der Waals surface area (Å²) in [5.41, 5.74) is 12.5. The normalized spacial score (nSPS) is 10.5. The minimum absolute atomic E-state index is 0.490. The molecule has 1 rings (SSSR count). The minimum Gasteiger partial charge on any atom is -0.397 e. The Hall–Kier alpha value is -1.84. The highest BCUT2D eigenvalue weighted by atomic mass is 16.1. The second-order valence-corrected chi connectivity index (χ2v) is 2.65. The van der Waals surface area contributed by atoms with E-state index in [0.29, 0.717) is 11.4 Å². The lowest BCUT2D eigenvalue weighted by atomic mass is 10.2. The zero-order valence-corrected chi connectivity index (χ0v) is 7.32. The fourth-order valence-electron chi connectivity index (χ4n) is 0.852. The van der Waals surface area contributed by atoms with E-state index in [0.717, 1.165) is 5.69 Å². The fourth-order valence-corrected chi connectivity index (χ4v) is 0.852. The van der Waals surface area contributed by atoms with Gasteiger partial charge in [-0.2, -0.15) is 0 Å². The number of aryl methyl sites for hydroxylation is 1. The topological polar surface area (TPSA) is 82.0 Å². The first-order chi connectivity index (χ1) is 6.09. The minimum atomic E-state index is -0.490. The van der Waals surface area contributed by atoms with Crippen LogP contribution in [-0.2, 0) is 4.79 Å². The number of hydrogen-bond acceptors (Lipinski definition) is 3. The van der Waals surface area contributed by atoms with Gasteiger partial charge in [0.05, 0.1) is 17.1 Å². The van der Waals surface area contributed by atoms with Crippen LogP contribution in [0.2, 0.25) is 0 Å². The summed E-state index contributed by atoms with van der Waals surface area (Å²) in [6.45, 7) is 1.80. The number of nitrogen functional groups attached to an aromatic ring is 1. The highest BCUT2D eigenvalue weighted by molar-refractivity contribution is 5.89. The molecular formula is C9H11N3O. The fraction of sp³-hybridized carbons (Fsp3) is 0.111. The summed E-state index contributed by atoms with van der Waals surface area (Å²) >= 11 is 0. The monoisotopic (exact) mass is 177 g/mol. The molecule has 0 bridgehead atoms. The van der Waals surface area contributed by atoms with Crippen LogP contribution in [0.5, 0.6) is 0 Å². The van der Waals surface area contributed by atoms with Crippen LogP contribution in [0.15, 0.2) is 18.2 Å². The van der Waals surface area contributed by atoms with Crippen molar-refractivity contribution in [2.45, 2.75) is 6.92 Å². The Morgan fingerprint density at radius 3 is 2.77 bits per heavy atom. The second kappa shape index (κ2) is 3.71. The van der Waals surface area contributed by atoms with Crippen molar-refractivity contribution in [3.05, 3.63) is 29.6 Å². The third-order valence-corrected chi connectivity index (χ3v) is 1.57. The van der Waals surface area contributed by atoms with Gasteiger partial charge in [0.25, 0.3) is 0 Å². The number of hydrogen-bond donors (Lipinski definition) is 2. The summed E-state index contributed by atoms with van der Waals surface area (Å²) < 4.78 is 0. The summed E-state index contributed by atoms with van der Waals surface area (Å²) in [7, 11) is 0. The van der Waals surface area contributed by atoms with Gasteiger partial charge >= 0.3 is 0 Å². The summed E-state index contributed by atoms with van der Waals surface area (Å²) in [5.74, 6) is -0.490. The van der Waals surface area contributed by atoms with E-state index in [9.17, 15) is 4.79 Å². The lowest BCUT2D eigenvalue weighted by Gasteiger charge is -1.98. The zero-order chi connectivity index (χ0) is 9.84. The number of amides is 1. The van der Waals surface area contributed by atoms with Crippen LogP contribution >= 0.6 is 0 Å². The van der Waals surface area contributed by atoms with Crippen LogP contribution in [0.3, 0.4) is 0 Å². The molecule has 4 heteroatoms. The molecule has 0 fully saturated rings. The molecule has 0 aliphatic rings. The van der Waals surface area contributed by atoms with Crippen LogP contribution in [0, 0.1) is 6.92 Å². The van der Waals surface area contributed by atoms with Gasteiger partial charge in [-0.25, -0.2) is 0 Å². The van der Waals surface area contributed by atoms with Gasteiger partial charge in [0.1, 0.15) is 0 Å². The molecule has 1 aromatic rings. The number of rotatable bonds is 2. The van der Waals surface area contributed by atoms with Gasteiger partial charge < -0.3 is 11.5 Å². The molecule has 1 aromatic heterocycles. The summed E-state index contributed by atoms with van der Waals surface area (Å²) in [6.07, 6.45) is 2.81. The van der Waals surface area contributed by atoms with Gasteiger partial charge in [-0.05, 0) is 25.1 Å². The number of pyridine rings is 1. The third-order valence-electron chi connectivity index (χ3n) is 1.57. The maximum Gasteiger partial charge on any atom is 0.241 e. The van der Waals surface area contributed by atoms with E-state index in [2.05, 4.69) is 4.98 Å². The Bertz CT molecular complexity index is 358. The molecule has 0 aliphatic carbocycles. The molecule has 0 aliphatic heterocycles. The molecule has 4 nitrogen and oxygen atoms in total. The zero-order valence-electron chi connectivity index (χ0n) is 7.32. The predicted octanol–water partition coefficient (Wildman–Crippen LogP) is 0.471. The average Bonchev–Trinajstić information content (AvgIpc) is 2.07. The van der Waals surface area contributed by atoms with Crippen LogP contribution in [0.4, 0.5) is 5.69 Å². The maximum atomic E-state index is 10.4. The Morgan fingerprint density at radius 2 is 2.23 bits per heavy atom. The van der Waals surface area contributed by atoms with Crippen molar-refractivity contribution in [2.75, 3.05) is 5.73 Å². The van der Waals surface area contributed by atoms with Crippen molar-refractivity contribution in [1.29, 1.82) is 0 Å². The molecule has 0 spiro atoms. The number of nitrogens with zero attached hydrogens (tertiary/aromatic N) is 1. The summed E-state index contributed by atoms with van der Waals surface area (Å²) in [4.78, 5) is 14.5. The van der Waals surface area contributed by atoms with E-state index in [1.165, 1.54) is 6.08 Å². The molecule has 0 radical (unpaired) electrons. The standard InChI is InChI=1S/C9H11N3O/c1-6-8(10)4-2-7(12-6)3-5-9(11)13/h2-5H,10H2,1H3,(H2,11,13). The SMILES string of the molecule is Cc1nc(C=CC(N)=O)ccc1N. The van der Waals surface area contributed by atoms with Crippen LogP contribution < -0.4 is 11.5 Å². The van der Waals surface area contributed by atoms with Crippen LogP contribution in [0.1, 0.15) is 11.4 Å². The highest BCUT2D eigenvalue weighted by Crippen LogP contribution is 2.08. The van der Waals surface area contributed by atoms with Crippen molar-refractivity contribution in [2.24, 2.45) is 5.73 Å². The molecule has 1 amide bonds. The van der Waals surface area contributed by atoms with Gasteiger partial charge in [-0.1, -0.05) is 0 Å². The average molecular weight is 177 g/mol. The van der Waals surface area contributed by atoms with Gasteiger partial charge in [-0.3, -0.25) is 9.78 Å². The summed E-state index contributed by atoms with van der Waals surface area (Å²) in [6, 6.07) is 3.46. The van der Waals surface area contributed by atoms with E-state index in [1.807, 2.05) is 0 Å². The molecule has 0 atom stereocenters. The van der Waals surface area contributed by atoms with Crippen LogP contribution in [-0.4, -0.2) is 10.9 Å². The van der Waals surface area contributed by atoms with E-state index >= 15 is 0 Å². The Morgan fingerprint density at radius 1 is 1.54 bits per heavy atom. The Labute approximate surface area is 76.3 Å². The molecule has 4 N–H and O–H groups in total. The van der Waals surface area contributed by atoms with E-state index < -0.39 is 5.91 Å². The van der Waals surface area contributed by atoms with Crippen molar-refractivity contribution in [1.82, 2.24) is 4.98 Å². The molecule has 0 unspecified atom stereocenters. The second-order valence-electron chi connectivity index (χ2n) is 2.65. The third kappa shape index (κ3) is 2.59. The molecule has 0 saturated carbocycles. The van der Waals surface area contributed by atoms with E-state index in [4.69, 9.17) is 11.5 Å². The predicted molar refractivity (Wildman–Crippen MR) is 51.6 cm³/mol. The van der Waals surface area contributed by atoms with Gasteiger partial charge in [0.15, 0.2) is 0 Å². The quantitative estimate of drug-likeness (QED) is 0.644. The van der Waals surface area contributed by atoms with Gasteiger partial charge in [0.2, 0.25) is 5.91 Å². The van der Waals surface area contributed by atoms with Gasteiger partial charge in [0, 0.05) is 6.08 Å². The van der Waals surface area contributed by atoms with Crippen molar-refractivity contribution < 1.29 is 4.79 Å². The Balaban J connectivity index is 2.92. The van der Waals surface area contributed by atoms with Crippen molar-refractivity contribution in [3.8, 4) is 0 Å². The molecule has 13 heavy (non-hydrogen) atoms. The first kappa shape index (κ1) is 9.25. The van der Waals surface area contributed by atoms with Crippen molar-refractivity contribution >= 4 is 17.7 Å². The number of anilines is 1. The number of nitrogens with two attached hydrogens (primary N) is 2. The van der Waals surface area contributed by atoms with E-state index in [-0.39, 0.29) is 0 Å². The maximum absolute atomic E-state index is 10.4. The number of primary amides is 1. The molecule has 0 aromatic carbocycles. The van der Waals surface area contributed by atoms with Gasteiger partial charge in [-0.15, -0.1) is 0 Å². The Kier molecular flexibility index (Phi) is 2.64. The molecular weight excluding hydrogens is 166 g/mol. The smallest absolute Gasteiger partial charge is 0.241 e. The molecule has 0 saturated heterocycles. The molecule has 1 heterocycles. The van der Waals surface area contributed by atoms with Crippen LogP contribution in [0.25, 0.3) is 6.08 Å². The largest absolute Gasteiger partial charge is 0.397 e. The van der Waals surface area contributed by atoms with E-state index in [1.54, 1.807) is 25.1 Å².